The van der Waals surface area contributed by atoms with E-state index < -0.39 is 6.09 Å². The Bertz CT molecular complexity index is 170. The SMILES string of the molecule is O=C(O)N1C=C(Br)SC1. The summed E-state index contributed by atoms with van der Waals surface area (Å²) < 4.78 is 0.866. The maximum atomic E-state index is 10.2. The van der Waals surface area contributed by atoms with E-state index in [-0.39, 0.29) is 0 Å². The molecule has 1 amide bonds. The molecule has 0 aromatic carbocycles. The number of rotatable bonds is 0. The van der Waals surface area contributed by atoms with Gasteiger partial charge in [0.1, 0.15) is 0 Å². The molecule has 1 N–H and O–H groups in total. The van der Waals surface area contributed by atoms with Gasteiger partial charge >= 0.3 is 6.09 Å². The third-order valence-electron chi connectivity index (χ3n) is 0.845. The molecular weight excluding hydrogens is 206 g/mol. The molecule has 0 saturated heterocycles. The number of halogens is 1. The van der Waals surface area contributed by atoms with E-state index in [1.807, 2.05) is 0 Å². The van der Waals surface area contributed by atoms with Crippen LogP contribution in [0.25, 0.3) is 0 Å². The van der Waals surface area contributed by atoms with Crippen LogP contribution >= 0.6 is 27.7 Å². The molecule has 0 fully saturated rings. The van der Waals surface area contributed by atoms with Crippen LogP contribution in [0.1, 0.15) is 0 Å². The fourth-order valence-electron chi connectivity index (χ4n) is 0.439. The summed E-state index contributed by atoms with van der Waals surface area (Å²) in [6, 6.07) is 0. The minimum absolute atomic E-state index is 0.496. The molecule has 1 aliphatic heterocycles. The molecule has 3 nitrogen and oxygen atoms in total. The average molecular weight is 210 g/mol. The zero-order chi connectivity index (χ0) is 6.85. The Labute approximate surface area is 64.8 Å². The molecule has 0 unspecified atom stereocenters. The maximum absolute atomic E-state index is 10.2. The second-order valence-corrected chi connectivity index (χ2v) is 3.82. The van der Waals surface area contributed by atoms with Gasteiger partial charge in [-0.1, -0.05) is 11.8 Å². The number of amides is 1. The average Bonchev–Trinajstić information content (AvgIpc) is 2.14. The molecule has 5 heteroatoms. The quantitative estimate of drug-likeness (QED) is 0.663. The first-order chi connectivity index (χ1) is 4.20. The topological polar surface area (TPSA) is 40.5 Å². The Hall–Kier alpha value is -0.160. The second-order valence-electron chi connectivity index (χ2n) is 1.46. The summed E-state index contributed by atoms with van der Waals surface area (Å²) in [4.78, 5) is 11.4. The smallest absolute Gasteiger partial charge is 0.412 e. The van der Waals surface area contributed by atoms with E-state index in [4.69, 9.17) is 5.11 Å². The van der Waals surface area contributed by atoms with Crippen LogP contribution in [0.15, 0.2) is 10.0 Å². The van der Waals surface area contributed by atoms with E-state index in [0.29, 0.717) is 5.88 Å². The molecule has 9 heavy (non-hydrogen) atoms. The van der Waals surface area contributed by atoms with E-state index in [9.17, 15) is 4.79 Å². The Morgan fingerprint density at radius 1 is 2.00 bits per heavy atom. The lowest BCUT2D eigenvalue weighted by atomic mass is 10.8. The summed E-state index contributed by atoms with van der Waals surface area (Å²) in [6.45, 7) is 0. The van der Waals surface area contributed by atoms with Crippen molar-refractivity contribution in [3.05, 3.63) is 10.0 Å². The number of carboxylic acid groups (broad SMARTS) is 1. The van der Waals surface area contributed by atoms with Gasteiger partial charge in [0.05, 0.1) is 9.69 Å². The lowest BCUT2D eigenvalue weighted by Gasteiger charge is -2.03. The van der Waals surface area contributed by atoms with Gasteiger partial charge in [0.25, 0.3) is 0 Å². The summed E-state index contributed by atoms with van der Waals surface area (Å²) in [5, 5.41) is 8.38. The highest BCUT2D eigenvalue weighted by Crippen LogP contribution is 2.29. The molecule has 0 aromatic heterocycles. The first-order valence-electron chi connectivity index (χ1n) is 2.20. The molecule has 1 aliphatic rings. The second kappa shape index (κ2) is 2.62. The zero-order valence-electron chi connectivity index (χ0n) is 4.37. The number of hydrogen-bond acceptors (Lipinski definition) is 2. The summed E-state index contributed by atoms with van der Waals surface area (Å²) in [6.07, 6.45) is 0.643. The van der Waals surface area contributed by atoms with Crippen LogP contribution in [0.5, 0.6) is 0 Å². The zero-order valence-corrected chi connectivity index (χ0v) is 6.78. The first-order valence-corrected chi connectivity index (χ1v) is 3.97. The van der Waals surface area contributed by atoms with E-state index in [0.717, 1.165) is 3.81 Å². The molecule has 0 atom stereocenters. The number of hydrogen-bond donors (Lipinski definition) is 1. The van der Waals surface area contributed by atoms with E-state index in [1.54, 1.807) is 6.20 Å². The number of carbonyl (C=O) groups is 1. The molecule has 0 saturated carbocycles. The molecular formula is C4H4BrNO2S. The van der Waals surface area contributed by atoms with Crippen molar-refractivity contribution in [1.29, 1.82) is 0 Å². The van der Waals surface area contributed by atoms with E-state index >= 15 is 0 Å². The molecule has 0 aromatic rings. The maximum Gasteiger partial charge on any atom is 0.412 e. The van der Waals surface area contributed by atoms with Crippen LogP contribution in [0.3, 0.4) is 0 Å². The lowest BCUT2D eigenvalue weighted by Crippen LogP contribution is -2.19. The van der Waals surface area contributed by atoms with Gasteiger partial charge in [-0.05, 0) is 15.9 Å². The third kappa shape index (κ3) is 1.62. The Morgan fingerprint density at radius 2 is 2.67 bits per heavy atom. The largest absolute Gasteiger partial charge is 0.465 e. The minimum Gasteiger partial charge on any atom is -0.465 e. The van der Waals surface area contributed by atoms with E-state index in [1.165, 1.54) is 16.7 Å². The summed E-state index contributed by atoms with van der Waals surface area (Å²) in [7, 11) is 0. The van der Waals surface area contributed by atoms with Crippen molar-refractivity contribution in [2.75, 3.05) is 5.88 Å². The minimum atomic E-state index is -0.906. The van der Waals surface area contributed by atoms with E-state index in [2.05, 4.69) is 15.9 Å². The van der Waals surface area contributed by atoms with Crippen molar-refractivity contribution in [1.82, 2.24) is 4.90 Å². The predicted octanol–water partition coefficient (Wildman–Crippen LogP) is 1.86. The van der Waals surface area contributed by atoms with Crippen LogP contribution in [0.2, 0.25) is 0 Å². The molecule has 0 aliphatic carbocycles. The molecule has 0 bridgehead atoms. The van der Waals surface area contributed by atoms with Crippen LogP contribution in [-0.4, -0.2) is 22.0 Å². The van der Waals surface area contributed by atoms with Crippen LogP contribution in [0, 0.1) is 0 Å². The van der Waals surface area contributed by atoms with Gasteiger partial charge in [-0.2, -0.15) is 0 Å². The van der Waals surface area contributed by atoms with Crippen molar-refractivity contribution in [2.24, 2.45) is 0 Å². The van der Waals surface area contributed by atoms with Crippen LogP contribution in [0.4, 0.5) is 4.79 Å². The van der Waals surface area contributed by atoms with Crippen LogP contribution < -0.4 is 0 Å². The Kier molecular flexibility index (Phi) is 2.02. The van der Waals surface area contributed by atoms with Gasteiger partial charge in [0.2, 0.25) is 0 Å². The lowest BCUT2D eigenvalue weighted by molar-refractivity contribution is 0.169. The normalized spacial score (nSPS) is 17.9. The fraction of sp³-hybridized carbons (Fsp3) is 0.250. The van der Waals surface area contributed by atoms with Gasteiger partial charge in [0.15, 0.2) is 0 Å². The molecule has 0 spiro atoms. The Balaban J connectivity index is 2.57. The van der Waals surface area contributed by atoms with Gasteiger partial charge in [0, 0.05) is 6.20 Å². The summed E-state index contributed by atoms with van der Waals surface area (Å²) >= 11 is 4.62. The van der Waals surface area contributed by atoms with Crippen molar-refractivity contribution in [3.8, 4) is 0 Å². The molecule has 0 radical (unpaired) electrons. The predicted molar refractivity (Wildman–Crippen MR) is 39.3 cm³/mol. The first kappa shape index (κ1) is 6.95. The number of thioether (sulfide) groups is 1. The highest BCUT2D eigenvalue weighted by Gasteiger charge is 2.15. The molecule has 1 rings (SSSR count). The summed E-state index contributed by atoms with van der Waals surface area (Å²) in [5.74, 6) is 0.496. The Morgan fingerprint density at radius 3 is 2.89 bits per heavy atom. The van der Waals surface area contributed by atoms with Crippen molar-refractivity contribution in [2.45, 2.75) is 0 Å². The van der Waals surface area contributed by atoms with Gasteiger partial charge < -0.3 is 5.11 Å². The van der Waals surface area contributed by atoms with Gasteiger partial charge in [-0.25, -0.2) is 4.79 Å². The number of nitrogens with zero attached hydrogens (tertiary/aromatic N) is 1. The highest BCUT2D eigenvalue weighted by atomic mass is 79.9. The highest BCUT2D eigenvalue weighted by molar-refractivity contribution is 9.14. The standard InChI is InChI=1S/C4H4BrNO2S/c5-3-1-6(2-9-3)4(7)8/h1H,2H2,(H,7,8). The van der Waals surface area contributed by atoms with Gasteiger partial charge in [-0.3, -0.25) is 4.90 Å². The molecule has 50 valence electrons. The third-order valence-corrected chi connectivity index (χ3v) is 2.52. The van der Waals surface area contributed by atoms with Crippen LogP contribution in [-0.2, 0) is 0 Å². The van der Waals surface area contributed by atoms with Crippen molar-refractivity contribution >= 4 is 33.8 Å². The fourth-order valence-corrected chi connectivity index (χ4v) is 1.64. The molecule has 1 heterocycles. The monoisotopic (exact) mass is 209 g/mol. The van der Waals surface area contributed by atoms with Gasteiger partial charge in [-0.15, -0.1) is 0 Å². The summed E-state index contributed by atoms with van der Waals surface area (Å²) in [5.41, 5.74) is 0. The van der Waals surface area contributed by atoms with Crippen molar-refractivity contribution < 1.29 is 9.90 Å². The van der Waals surface area contributed by atoms with Crippen molar-refractivity contribution in [3.63, 3.8) is 0 Å².